The highest BCUT2D eigenvalue weighted by Crippen LogP contribution is 2.22. The van der Waals surface area contributed by atoms with E-state index >= 15 is 0 Å². The fourth-order valence-electron chi connectivity index (χ4n) is 2.71. The van der Waals surface area contributed by atoms with Crippen LogP contribution in [-0.2, 0) is 11.3 Å². The van der Waals surface area contributed by atoms with Gasteiger partial charge in [0.05, 0.1) is 24.9 Å². The number of hydrogen-bond acceptors (Lipinski definition) is 4. The first-order valence-electron chi connectivity index (χ1n) is 6.84. The lowest BCUT2D eigenvalue weighted by molar-refractivity contribution is -0.0704. The molecule has 1 aromatic rings. The van der Waals surface area contributed by atoms with Crippen LogP contribution in [0, 0.1) is 0 Å². The van der Waals surface area contributed by atoms with Gasteiger partial charge < -0.3 is 15.2 Å². The third-order valence-electron chi connectivity index (χ3n) is 3.43. The van der Waals surface area contributed by atoms with Gasteiger partial charge in [-0.2, -0.15) is 0 Å². The highest BCUT2D eigenvalue weighted by atomic mass is 32.1. The Kier molecular flexibility index (Phi) is 4.96. The van der Waals surface area contributed by atoms with Crippen LogP contribution >= 0.6 is 12.2 Å². The van der Waals surface area contributed by atoms with E-state index in [0.717, 1.165) is 30.9 Å². The first-order chi connectivity index (χ1) is 9.49. The summed E-state index contributed by atoms with van der Waals surface area (Å²) in [5, 5.41) is 0. The number of hydrogen-bond donors (Lipinski definition) is 1. The minimum Gasteiger partial charge on any atom is -0.496 e. The molecule has 5 heteroatoms. The fraction of sp³-hybridized carbons (Fsp3) is 0.533. The van der Waals surface area contributed by atoms with Crippen molar-refractivity contribution in [3.8, 4) is 5.75 Å². The molecule has 2 N–H and O–H groups in total. The molecule has 2 unspecified atom stereocenters. The second-order valence-electron chi connectivity index (χ2n) is 5.35. The van der Waals surface area contributed by atoms with Gasteiger partial charge in [0.1, 0.15) is 10.7 Å². The zero-order valence-electron chi connectivity index (χ0n) is 12.3. The summed E-state index contributed by atoms with van der Waals surface area (Å²) in [6.45, 7) is 7.00. The van der Waals surface area contributed by atoms with E-state index in [1.165, 1.54) is 5.56 Å². The zero-order chi connectivity index (χ0) is 14.7. The van der Waals surface area contributed by atoms with Gasteiger partial charge in [-0.3, -0.25) is 4.90 Å². The summed E-state index contributed by atoms with van der Waals surface area (Å²) in [6.07, 6.45) is 0.549. The molecule has 1 aromatic carbocycles. The molecular weight excluding hydrogens is 272 g/mol. The Morgan fingerprint density at radius 1 is 1.40 bits per heavy atom. The van der Waals surface area contributed by atoms with E-state index in [4.69, 9.17) is 27.4 Å². The summed E-state index contributed by atoms with van der Waals surface area (Å²) < 4.78 is 11.1. The maximum atomic E-state index is 5.75. The Morgan fingerprint density at radius 2 is 2.05 bits per heavy atom. The molecule has 1 aliphatic rings. The summed E-state index contributed by atoms with van der Waals surface area (Å²) >= 11 is 5.02. The van der Waals surface area contributed by atoms with Crippen LogP contribution in [0.25, 0.3) is 0 Å². The van der Waals surface area contributed by atoms with Crippen LogP contribution in [0.1, 0.15) is 25.0 Å². The van der Waals surface area contributed by atoms with Gasteiger partial charge in [0, 0.05) is 19.6 Å². The van der Waals surface area contributed by atoms with E-state index in [1.807, 2.05) is 12.1 Å². The van der Waals surface area contributed by atoms with Crippen molar-refractivity contribution in [2.24, 2.45) is 5.73 Å². The molecule has 0 aromatic heterocycles. The summed E-state index contributed by atoms with van der Waals surface area (Å²) in [5.41, 5.74) is 7.67. The van der Waals surface area contributed by atoms with Gasteiger partial charge in [-0.25, -0.2) is 0 Å². The molecule has 1 aliphatic heterocycles. The van der Waals surface area contributed by atoms with Crippen molar-refractivity contribution >= 4 is 17.2 Å². The lowest BCUT2D eigenvalue weighted by atomic mass is 10.1. The Labute approximate surface area is 125 Å². The number of benzene rings is 1. The molecule has 1 heterocycles. The van der Waals surface area contributed by atoms with Gasteiger partial charge in [-0.05, 0) is 31.5 Å². The highest BCUT2D eigenvalue weighted by molar-refractivity contribution is 7.80. The largest absolute Gasteiger partial charge is 0.496 e. The maximum absolute atomic E-state index is 5.75. The number of nitrogens with two attached hydrogens (primary N) is 1. The Bertz CT molecular complexity index is 483. The van der Waals surface area contributed by atoms with Crippen LogP contribution in [0.15, 0.2) is 18.2 Å². The molecule has 0 saturated carbocycles. The van der Waals surface area contributed by atoms with Crippen LogP contribution in [-0.4, -0.2) is 42.3 Å². The third kappa shape index (κ3) is 3.69. The molecule has 4 nitrogen and oxygen atoms in total. The molecule has 0 radical (unpaired) electrons. The minimum atomic E-state index is 0.275. The van der Waals surface area contributed by atoms with E-state index in [-0.39, 0.29) is 12.2 Å². The average Bonchev–Trinajstić information content (AvgIpc) is 2.37. The van der Waals surface area contributed by atoms with Crippen LogP contribution in [0.4, 0.5) is 0 Å². The summed E-state index contributed by atoms with van der Waals surface area (Å²) in [6, 6.07) is 6.00. The predicted octanol–water partition coefficient (Wildman–Crippen LogP) is 1.94. The SMILES string of the molecule is COc1cc(CN2CC(C)OC(C)C2)ccc1C(N)=S. The first-order valence-corrected chi connectivity index (χ1v) is 7.25. The maximum Gasteiger partial charge on any atom is 0.129 e. The van der Waals surface area contributed by atoms with Gasteiger partial charge in [0.25, 0.3) is 0 Å². The van der Waals surface area contributed by atoms with E-state index in [2.05, 4.69) is 24.8 Å². The number of nitrogens with zero attached hydrogens (tertiary/aromatic N) is 1. The number of rotatable bonds is 4. The van der Waals surface area contributed by atoms with Crippen molar-refractivity contribution in [3.05, 3.63) is 29.3 Å². The number of methoxy groups -OCH3 is 1. The van der Waals surface area contributed by atoms with Crippen molar-refractivity contribution < 1.29 is 9.47 Å². The predicted molar refractivity (Wildman–Crippen MR) is 84.2 cm³/mol. The Balaban J connectivity index is 2.11. The molecule has 1 saturated heterocycles. The topological polar surface area (TPSA) is 47.7 Å². The van der Waals surface area contributed by atoms with Crippen LogP contribution in [0.5, 0.6) is 5.75 Å². The Morgan fingerprint density at radius 3 is 2.60 bits per heavy atom. The first kappa shape index (κ1) is 15.2. The van der Waals surface area contributed by atoms with Crippen LogP contribution < -0.4 is 10.5 Å². The number of ether oxygens (including phenoxy) is 2. The highest BCUT2D eigenvalue weighted by Gasteiger charge is 2.22. The molecule has 2 atom stereocenters. The summed E-state index contributed by atoms with van der Waals surface area (Å²) in [5.74, 6) is 0.740. The van der Waals surface area contributed by atoms with Gasteiger partial charge in [0.15, 0.2) is 0 Å². The third-order valence-corrected chi connectivity index (χ3v) is 3.65. The van der Waals surface area contributed by atoms with Gasteiger partial charge in [-0.1, -0.05) is 18.3 Å². The lowest BCUT2D eigenvalue weighted by Crippen LogP contribution is -2.44. The average molecular weight is 294 g/mol. The molecule has 0 bridgehead atoms. The van der Waals surface area contributed by atoms with E-state index in [9.17, 15) is 0 Å². The van der Waals surface area contributed by atoms with Crippen molar-refractivity contribution in [2.45, 2.75) is 32.6 Å². The minimum absolute atomic E-state index is 0.275. The van der Waals surface area contributed by atoms with Crippen molar-refractivity contribution in [1.82, 2.24) is 4.90 Å². The van der Waals surface area contributed by atoms with E-state index < -0.39 is 0 Å². The van der Waals surface area contributed by atoms with Gasteiger partial charge >= 0.3 is 0 Å². The smallest absolute Gasteiger partial charge is 0.129 e. The Hall–Kier alpha value is -1.17. The number of morpholine rings is 1. The normalized spacial score (nSPS) is 23.6. The molecule has 0 spiro atoms. The molecule has 0 amide bonds. The molecule has 20 heavy (non-hydrogen) atoms. The monoisotopic (exact) mass is 294 g/mol. The van der Waals surface area contributed by atoms with Crippen LogP contribution in [0.3, 0.4) is 0 Å². The standard InChI is InChI=1S/C15H22N2O2S/c1-10-7-17(8-11(2)19-10)9-12-4-5-13(15(16)20)14(6-12)18-3/h4-6,10-11H,7-9H2,1-3H3,(H2,16,20). The molecule has 2 rings (SSSR count). The van der Waals surface area contributed by atoms with Gasteiger partial charge in [0.2, 0.25) is 0 Å². The zero-order valence-corrected chi connectivity index (χ0v) is 13.1. The summed E-state index contributed by atoms with van der Waals surface area (Å²) in [7, 11) is 1.64. The molecular formula is C15H22N2O2S. The van der Waals surface area contributed by atoms with Gasteiger partial charge in [-0.15, -0.1) is 0 Å². The van der Waals surface area contributed by atoms with Crippen molar-refractivity contribution in [1.29, 1.82) is 0 Å². The second-order valence-corrected chi connectivity index (χ2v) is 5.79. The molecule has 110 valence electrons. The molecule has 0 aliphatic carbocycles. The quantitative estimate of drug-likeness (QED) is 0.860. The van der Waals surface area contributed by atoms with E-state index in [0.29, 0.717) is 4.99 Å². The molecule has 1 fully saturated rings. The second kappa shape index (κ2) is 6.52. The van der Waals surface area contributed by atoms with Crippen LogP contribution in [0.2, 0.25) is 0 Å². The fourth-order valence-corrected chi connectivity index (χ4v) is 2.88. The lowest BCUT2D eigenvalue weighted by Gasteiger charge is -2.35. The van der Waals surface area contributed by atoms with Crippen molar-refractivity contribution in [3.63, 3.8) is 0 Å². The summed E-state index contributed by atoms with van der Waals surface area (Å²) in [4.78, 5) is 2.76. The van der Waals surface area contributed by atoms with E-state index in [1.54, 1.807) is 7.11 Å². The number of thiocarbonyl (C=S) groups is 1. The van der Waals surface area contributed by atoms with Crippen molar-refractivity contribution in [2.75, 3.05) is 20.2 Å².